The smallest absolute Gasteiger partial charge is 0.258 e. The molecule has 0 bridgehead atoms. The Bertz CT molecular complexity index is 466. The van der Waals surface area contributed by atoms with Crippen molar-refractivity contribution in [3.8, 4) is 5.75 Å². The van der Waals surface area contributed by atoms with E-state index in [1.807, 2.05) is 20.8 Å². The van der Waals surface area contributed by atoms with Crippen molar-refractivity contribution in [2.75, 3.05) is 6.61 Å². The van der Waals surface area contributed by atoms with Crippen molar-refractivity contribution in [1.82, 2.24) is 5.32 Å². The largest absolute Gasteiger partial charge is 0.480 e. The van der Waals surface area contributed by atoms with Crippen LogP contribution >= 0.6 is 0 Å². The average Bonchev–Trinajstić information content (AvgIpc) is 2.46. The highest BCUT2D eigenvalue weighted by Gasteiger charge is 2.14. The Labute approximate surface area is 125 Å². The van der Waals surface area contributed by atoms with Gasteiger partial charge in [0.25, 0.3) is 5.91 Å². The Balaban J connectivity index is 2.71. The topological polar surface area (TPSA) is 64.3 Å². The Kier molecular flexibility index (Phi) is 7.15. The summed E-state index contributed by atoms with van der Waals surface area (Å²) >= 11 is 0. The second-order valence-electron chi connectivity index (χ2n) is 5.27. The number of benzene rings is 1. The van der Waals surface area contributed by atoms with Crippen molar-refractivity contribution in [3.63, 3.8) is 0 Å². The van der Waals surface area contributed by atoms with Crippen LogP contribution in [0.3, 0.4) is 0 Å². The van der Waals surface area contributed by atoms with Gasteiger partial charge in [0.15, 0.2) is 18.2 Å². The maximum absolute atomic E-state index is 13.9. The molecule has 2 atom stereocenters. The van der Waals surface area contributed by atoms with E-state index in [4.69, 9.17) is 10.5 Å². The fraction of sp³-hybridized carbons (Fsp3) is 0.562. The third kappa shape index (κ3) is 5.71. The summed E-state index contributed by atoms with van der Waals surface area (Å²) in [6, 6.07) is 4.75. The Hall–Kier alpha value is -1.62. The van der Waals surface area contributed by atoms with Crippen LogP contribution in [0.15, 0.2) is 18.2 Å². The number of carbonyl (C=O) groups is 1. The van der Waals surface area contributed by atoms with Crippen molar-refractivity contribution < 1.29 is 13.9 Å². The predicted octanol–water partition coefficient (Wildman–Crippen LogP) is 2.40. The van der Waals surface area contributed by atoms with Crippen molar-refractivity contribution >= 4 is 5.91 Å². The summed E-state index contributed by atoms with van der Waals surface area (Å²) in [6.07, 6.45) is 2.16. The first-order valence-electron chi connectivity index (χ1n) is 7.43. The van der Waals surface area contributed by atoms with Gasteiger partial charge in [-0.25, -0.2) is 4.39 Å². The number of para-hydroxylation sites is 1. The summed E-state index contributed by atoms with van der Waals surface area (Å²) in [7, 11) is 0. The summed E-state index contributed by atoms with van der Waals surface area (Å²) in [5.74, 6) is -0.591. The molecule has 3 N–H and O–H groups in total. The predicted molar refractivity (Wildman–Crippen MR) is 81.8 cm³/mol. The highest BCUT2D eigenvalue weighted by Crippen LogP contribution is 2.24. The molecule has 0 aliphatic heterocycles. The molecule has 118 valence electrons. The molecule has 0 aliphatic rings. The molecule has 5 heteroatoms. The van der Waals surface area contributed by atoms with E-state index >= 15 is 0 Å². The molecule has 1 aromatic rings. The van der Waals surface area contributed by atoms with E-state index in [-0.39, 0.29) is 30.3 Å². The third-order valence-corrected chi connectivity index (χ3v) is 3.42. The number of halogens is 1. The van der Waals surface area contributed by atoms with E-state index in [1.165, 1.54) is 6.07 Å². The second-order valence-corrected chi connectivity index (χ2v) is 5.27. The van der Waals surface area contributed by atoms with E-state index in [1.54, 1.807) is 12.1 Å². The summed E-state index contributed by atoms with van der Waals surface area (Å²) in [6.45, 7) is 5.67. The van der Waals surface area contributed by atoms with Gasteiger partial charge in [-0.15, -0.1) is 0 Å². The van der Waals surface area contributed by atoms with Crippen LogP contribution < -0.4 is 15.8 Å². The van der Waals surface area contributed by atoms with Gasteiger partial charge in [0.1, 0.15) is 0 Å². The summed E-state index contributed by atoms with van der Waals surface area (Å²) in [5.41, 5.74) is 6.60. The summed E-state index contributed by atoms with van der Waals surface area (Å²) < 4.78 is 19.3. The minimum absolute atomic E-state index is 0.0527. The lowest BCUT2D eigenvalue weighted by Gasteiger charge is -2.16. The third-order valence-electron chi connectivity index (χ3n) is 3.42. The first-order valence-corrected chi connectivity index (χ1v) is 7.43. The molecule has 21 heavy (non-hydrogen) atoms. The maximum Gasteiger partial charge on any atom is 0.258 e. The Morgan fingerprint density at radius 2 is 2.10 bits per heavy atom. The van der Waals surface area contributed by atoms with Gasteiger partial charge in [-0.1, -0.05) is 26.0 Å². The van der Waals surface area contributed by atoms with Crippen LogP contribution in [0.5, 0.6) is 5.75 Å². The van der Waals surface area contributed by atoms with Crippen LogP contribution in [0.2, 0.25) is 0 Å². The van der Waals surface area contributed by atoms with E-state index < -0.39 is 5.82 Å². The van der Waals surface area contributed by atoms with Crippen LogP contribution in [0.1, 0.15) is 39.2 Å². The highest BCUT2D eigenvalue weighted by molar-refractivity contribution is 5.77. The molecule has 0 aliphatic carbocycles. The molecule has 0 heterocycles. The monoisotopic (exact) mass is 296 g/mol. The molecule has 4 nitrogen and oxygen atoms in total. The number of carbonyl (C=O) groups excluding carboxylic acids is 1. The van der Waals surface area contributed by atoms with Crippen LogP contribution in [0.25, 0.3) is 0 Å². The molecular weight excluding hydrogens is 271 g/mol. The van der Waals surface area contributed by atoms with Crippen LogP contribution in [-0.4, -0.2) is 24.6 Å². The number of hydrogen-bond acceptors (Lipinski definition) is 3. The molecule has 1 rings (SSSR count). The molecule has 0 spiro atoms. The first kappa shape index (κ1) is 17.4. The van der Waals surface area contributed by atoms with Gasteiger partial charge in [0, 0.05) is 12.1 Å². The zero-order valence-electron chi connectivity index (χ0n) is 13.0. The number of hydrogen-bond donors (Lipinski definition) is 2. The SMILES string of the molecule is CCC(N)Cc1cccc(F)c1OCC(=O)NC(C)CC. The Morgan fingerprint density at radius 1 is 1.38 bits per heavy atom. The van der Waals surface area contributed by atoms with Gasteiger partial charge in [-0.2, -0.15) is 0 Å². The summed E-state index contributed by atoms with van der Waals surface area (Å²) in [5, 5.41) is 2.78. The van der Waals surface area contributed by atoms with E-state index in [9.17, 15) is 9.18 Å². The lowest BCUT2D eigenvalue weighted by molar-refractivity contribution is -0.123. The van der Waals surface area contributed by atoms with Crippen LogP contribution in [0.4, 0.5) is 4.39 Å². The van der Waals surface area contributed by atoms with Gasteiger partial charge >= 0.3 is 0 Å². The van der Waals surface area contributed by atoms with Gasteiger partial charge in [-0.05, 0) is 37.8 Å². The lowest BCUT2D eigenvalue weighted by Crippen LogP contribution is -2.35. The van der Waals surface area contributed by atoms with Gasteiger partial charge in [0.2, 0.25) is 0 Å². The average molecular weight is 296 g/mol. The molecule has 0 aromatic heterocycles. The molecule has 1 amide bonds. The van der Waals surface area contributed by atoms with Crippen LogP contribution in [0, 0.1) is 5.82 Å². The maximum atomic E-state index is 13.9. The van der Waals surface area contributed by atoms with Crippen molar-refractivity contribution in [2.45, 2.75) is 52.1 Å². The molecule has 0 radical (unpaired) electrons. The Morgan fingerprint density at radius 3 is 2.71 bits per heavy atom. The van der Waals surface area contributed by atoms with Gasteiger partial charge in [0.05, 0.1) is 0 Å². The minimum Gasteiger partial charge on any atom is -0.480 e. The van der Waals surface area contributed by atoms with Crippen molar-refractivity contribution in [3.05, 3.63) is 29.6 Å². The number of rotatable bonds is 8. The quantitative estimate of drug-likeness (QED) is 0.774. The summed E-state index contributed by atoms with van der Waals surface area (Å²) in [4.78, 5) is 11.7. The standard InChI is InChI=1S/C16H25FN2O2/c1-4-11(3)19-15(20)10-21-16-12(9-13(18)5-2)7-6-8-14(16)17/h6-8,11,13H,4-5,9-10,18H2,1-3H3,(H,19,20). The number of nitrogens with two attached hydrogens (primary N) is 1. The lowest BCUT2D eigenvalue weighted by atomic mass is 10.0. The minimum atomic E-state index is -0.466. The molecule has 1 aromatic carbocycles. The number of nitrogens with one attached hydrogen (secondary N) is 1. The number of amides is 1. The number of ether oxygens (including phenoxy) is 1. The zero-order valence-corrected chi connectivity index (χ0v) is 13.0. The first-order chi connectivity index (χ1) is 9.97. The fourth-order valence-corrected chi connectivity index (χ4v) is 1.86. The molecule has 0 fully saturated rings. The van der Waals surface area contributed by atoms with Crippen LogP contribution in [-0.2, 0) is 11.2 Å². The van der Waals surface area contributed by atoms with Gasteiger partial charge < -0.3 is 15.8 Å². The second kappa shape index (κ2) is 8.62. The van der Waals surface area contributed by atoms with E-state index in [2.05, 4.69) is 5.32 Å². The van der Waals surface area contributed by atoms with Gasteiger partial charge in [-0.3, -0.25) is 4.79 Å². The van der Waals surface area contributed by atoms with Crippen molar-refractivity contribution in [1.29, 1.82) is 0 Å². The van der Waals surface area contributed by atoms with E-state index in [0.717, 1.165) is 12.8 Å². The molecule has 0 saturated heterocycles. The normalized spacial score (nSPS) is 13.6. The molecular formula is C16H25FN2O2. The fourth-order valence-electron chi connectivity index (χ4n) is 1.86. The molecule has 2 unspecified atom stereocenters. The highest BCUT2D eigenvalue weighted by atomic mass is 19.1. The zero-order chi connectivity index (χ0) is 15.8. The van der Waals surface area contributed by atoms with E-state index in [0.29, 0.717) is 12.0 Å². The molecule has 0 saturated carbocycles. The van der Waals surface area contributed by atoms with Crippen molar-refractivity contribution in [2.24, 2.45) is 5.73 Å².